The standard InChI is InChI=1S/C18H25N3O.ClH/c1-12-6-8-14(9-7-12)21-18(22)16(19)10-13-11-20-17-5-3-2-4-15(13)17;/h2-5,11-12,14,16,20H,6-10,19H2,1H3,(H,21,22);1H/t12?,14?,16-;/m0./s1. The smallest absolute Gasteiger partial charge is 0.237 e. The van der Waals surface area contributed by atoms with Gasteiger partial charge in [-0.15, -0.1) is 12.4 Å². The number of hydrogen-bond acceptors (Lipinski definition) is 2. The zero-order chi connectivity index (χ0) is 15.5. The first-order valence-electron chi connectivity index (χ1n) is 8.24. The van der Waals surface area contributed by atoms with Gasteiger partial charge in [-0.05, 0) is 49.7 Å². The first-order valence-corrected chi connectivity index (χ1v) is 8.24. The van der Waals surface area contributed by atoms with Gasteiger partial charge in [0.05, 0.1) is 6.04 Å². The molecule has 1 fully saturated rings. The Balaban J connectivity index is 0.00000192. The van der Waals surface area contributed by atoms with Crippen molar-refractivity contribution in [3.8, 4) is 0 Å². The van der Waals surface area contributed by atoms with Gasteiger partial charge in [-0.3, -0.25) is 4.79 Å². The third-order valence-electron chi connectivity index (χ3n) is 4.81. The molecule has 1 atom stereocenters. The lowest BCUT2D eigenvalue weighted by atomic mass is 9.87. The summed E-state index contributed by atoms with van der Waals surface area (Å²) >= 11 is 0. The Morgan fingerprint density at radius 1 is 1.30 bits per heavy atom. The zero-order valence-corrected chi connectivity index (χ0v) is 14.4. The van der Waals surface area contributed by atoms with Crippen LogP contribution in [0.3, 0.4) is 0 Å². The maximum atomic E-state index is 12.3. The highest BCUT2D eigenvalue weighted by molar-refractivity contribution is 5.86. The van der Waals surface area contributed by atoms with Crippen molar-refractivity contribution in [2.45, 2.75) is 51.1 Å². The Kier molecular flexibility index (Phi) is 6.08. The number of hydrogen-bond donors (Lipinski definition) is 3. The van der Waals surface area contributed by atoms with E-state index in [1.165, 1.54) is 12.8 Å². The number of para-hydroxylation sites is 1. The number of carbonyl (C=O) groups is 1. The third kappa shape index (κ3) is 4.27. The van der Waals surface area contributed by atoms with Crippen molar-refractivity contribution < 1.29 is 4.79 Å². The second-order valence-corrected chi connectivity index (χ2v) is 6.64. The Bertz CT molecular complexity index is 647. The van der Waals surface area contributed by atoms with E-state index in [4.69, 9.17) is 5.73 Å². The van der Waals surface area contributed by atoms with Gasteiger partial charge in [0.25, 0.3) is 0 Å². The Morgan fingerprint density at radius 2 is 2.00 bits per heavy atom. The van der Waals surface area contributed by atoms with Crippen molar-refractivity contribution in [3.63, 3.8) is 0 Å². The van der Waals surface area contributed by atoms with Crippen LogP contribution in [0.15, 0.2) is 30.5 Å². The molecule has 4 N–H and O–H groups in total. The molecule has 1 heterocycles. The molecule has 1 saturated carbocycles. The molecule has 5 heteroatoms. The van der Waals surface area contributed by atoms with Gasteiger partial charge in [-0.1, -0.05) is 25.1 Å². The number of aromatic nitrogens is 1. The normalized spacial score (nSPS) is 22.3. The van der Waals surface area contributed by atoms with Gasteiger partial charge in [0, 0.05) is 23.1 Å². The van der Waals surface area contributed by atoms with E-state index in [0.29, 0.717) is 12.5 Å². The van der Waals surface area contributed by atoms with Gasteiger partial charge in [0.1, 0.15) is 0 Å². The molecule has 4 nitrogen and oxygen atoms in total. The van der Waals surface area contributed by atoms with E-state index in [9.17, 15) is 4.79 Å². The van der Waals surface area contributed by atoms with Crippen LogP contribution in [-0.4, -0.2) is 23.0 Å². The summed E-state index contributed by atoms with van der Waals surface area (Å²) in [5, 5.41) is 4.28. The lowest BCUT2D eigenvalue weighted by Crippen LogP contribution is -2.47. The summed E-state index contributed by atoms with van der Waals surface area (Å²) in [5.74, 6) is 0.762. The number of rotatable bonds is 4. The highest BCUT2D eigenvalue weighted by Gasteiger charge is 2.23. The Labute approximate surface area is 143 Å². The molecule has 2 aromatic rings. The number of aromatic amines is 1. The van der Waals surface area contributed by atoms with E-state index >= 15 is 0 Å². The Morgan fingerprint density at radius 3 is 2.74 bits per heavy atom. The van der Waals surface area contributed by atoms with E-state index in [0.717, 1.165) is 35.2 Å². The molecular weight excluding hydrogens is 310 g/mol. The fourth-order valence-corrected chi connectivity index (χ4v) is 3.34. The summed E-state index contributed by atoms with van der Waals surface area (Å²) in [6, 6.07) is 7.92. The van der Waals surface area contributed by atoms with Crippen molar-refractivity contribution >= 4 is 29.2 Å². The van der Waals surface area contributed by atoms with Crippen molar-refractivity contribution in [1.29, 1.82) is 0 Å². The van der Waals surface area contributed by atoms with Gasteiger partial charge in [-0.2, -0.15) is 0 Å². The highest BCUT2D eigenvalue weighted by atomic mass is 35.5. The van der Waals surface area contributed by atoms with Crippen LogP contribution in [0.5, 0.6) is 0 Å². The van der Waals surface area contributed by atoms with E-state index in [2.05, 4.69) is 23.3 Å². The number of amides is 1. The minimum Gasteiger partial charge on any atom is -0.361 e. The minimum absolute atomic E-state index is 0. The third-order valence-corrected chi connectivity index (χ3v) is 4.81. The maximum absolute atomic E-state index is 12.3. The van der Waals surface area contributed by atoms with Crippen molar-refractivity contribution in [2.75, 3.05) is 0 Å². The number of nitrogens with two attached hydrogens (primary N) is 1. The molecule has 0 unspecified atom stereocenters. The van der Waals surface area contributed by atoms with Gasteiger partial charge >= 0.3 is 0 Å². The topological polar surface area (TPSA) is 70.9 Å². The lowest BCUT2D eigenvalue weighted by molar-refractivity contribution is -0.123. The summed E-state index contributed by atoms with van der Waals surface area (Å²) in [7, 11) is 0. The largest absolute Gasteiger partial charge is 0.361 e. The van der Waals surface area contributed by atoms with Gasteiger partial charge in [0.15, 0.2) is 0 Å². The number of halogens is 1. The second kappa shape index (κ2) is 7.84. The second-order valence-electron chi connectivity index (χ2n) is 6.64. The first kappa shape index (κ1) is 17.8. The predicted octanol–water partition coefficient (Wildman–Crippen LogP) is 3.15. The quantitative estimate of drug-likeness (QED) is 0.803. The van der Waals surface area contributed by atoms with Crippen LogP contribution in [0.4, 0.5) is 0 Å². The summed E-state index contributed by atoms with van der Waals surface area (Å²) in [6.45, 7) is 2.28. The highest BCUT2D eigenvalue weighted by Crippen LogP contribution is 2.23. The molecule has 23 heavy (non-hydrogen) atoms. The Hall–Kier alpha value is -1.52. The molecule has 0 radical (unpaired) electrons. The van der Waals surface area contributed by atoms with Crippen LogP contribution in [-0.2, 0) is 11.2 Å². The molecule has 3 rings (SSSR count). The van der Waals surface area contributed by atoms with Gasteiger partial charge in [0.2, 0.25) is 5.91 Å². The first-order chi connectivity index (χ1) is 10.6. The summed E-state index contributed by atoms with van der Waals surface area (Å²) < 4.78 is 0. The van der Waals surface area contributed by atoms with Crippen molar-refractivity contribution in [1.82, 2.24) is 10.3 Å². The lowest BCUT2D eigenvalue weighted by Gasteiger charge is -2.27. The van der Waals surface area contributed by atoms with Gasteiger partial charge < -0.3 is 16.0 Å². The molecular formula is C18H26ClN3O. The van der Waals surface area contributed by atoms with Crippen LogP contribution in [0.2, 0.25) is 0 Å². The van der Waals surface area contributed by atoms with Crippen molar-refractivity contribution in [2.24, 2.45) is 11.7 Å². The van der Waals surface area contributed by atoms with Crippen LogP contribution >= 0.6 is 12.4 Å². The average Bonchev–Trinajstić information content (AvgIpc) is 2.93. The van der Waals surface area contributed by atoms with E-state index in [-0.39, 0.29) is 18.3 Å². The molecule has 1 amide bonds. The van der Waals surface area contributed by atoms with Crippen LogP contribution < -0.4 is 11.1 Å². The molecule has 1 aromatic heterocycles. The van der Waals surface area contributed by atoms with E-state index < -0.39 is 6.04 Å². The maximum Gasteiger partial charge on any atom is 0.237 e. The predicted molar refractivity (Wildman–Crippen MR) is 96.8 cm³/mol. The van der Waals surface area contributed by atoms with Gasteiger partial charge in [-0.25, -0.2) is 0 Å². The van der Waals surface area contributed by atoms with E-state index in [1.54, 1.807) is 0 Å². The van der Waals surface area contributed by atoms with Crippen molar-refractivity contribution in [3.05, 3.63) is 36.0 Å². The van der Waals surface area contributed by atoms with Crippen LogP contribution in [0.1, 0.15) is 38.2 Å². The molecule has 126 valence electrons. The minimum atomic E-state index is -0.487. The fraction of sp³-hybridized carbons (Fsp3) is 0.500. The average molecular weight is 336 g/mol. The van der Waals surface area contributed by atoms with E-state index in [1.807, 2.05) is 24.4 Å². The molecule has 1 aliphatic rings. The monoisotopic (exact) mass is 335 g/mol. The summed E-state index contributed by atoms with van der Waals surface area (Å²) in [4.78, 5) is 15.5. The molecule has 0 saturated heterocycles. The SMILES string of the molecule is CC1CCC(NC(=O)[C@@H](N)Cc2c[nH]c3ccccc23)CC1.Cl. The zero-order valence-electron chi connectivity index (χ0n) is 13.5. The number of carbonyl (C=O) groups excluding carboxylic acids is 1. The molecule has 1 aliphatic carbocycles. The molecule has 0 bridgehead atoms. The number of nitrogens with one attached hydrogen (secondary N) is 2. The number of fused-ring (bicyclic) bond motifs is 1. The molecule has 1 aromatic carbocycles. The van der Waals surface area contributed by atoms with Crippen LogP contribution in [0.25, 0.3) is 10.9 Å². The van der Waals surface area contributed by atoms with Crippen LogP contribution in [0, 0.1) is 5.92 Å². The number of H-pyrrole nitrogens is 1. The number of benzene rings is 1. The summed E-state index contributed by atoms with van der Waals surface area (Å²) in [6.07, 6.45) is 7.07. The molecule has 0 aliphatic heterocycles. The summed E-state index contributed by atoms with van der Waals surface area (Å²) in [5.41, 5.74) is 8.31. The molecule has 0 spiro atoms. The fourth-order valence-electron chi connectivity index (χ4n) is 3.34.